The van der Waals surface area contributed by atoms with Gasteiger partial charge in [0.05, 0.1) is 0 Å². The fourth-order valence-corrected chi connectivity index (χ4v) is 1.41. The summed E-state index contributed by atoms with van der Waals surface area (Å²) >= 11 is 0. The van der Waals surface area contributed by atoms with Gasteiger partial charge in [0.1, 0.15) is 0 Å². The first-order valence-electron chi connectivity index (χ1n) is 4.65. The van der Waals surface area contributed by atoms with Gasteiger partial charge in [0.2, 0.25) is 0 Å². The molecule has 3 N–H and O–H groups in total. The van der Waals surface area contributed by atoms with Crippen LogP contribution in [-0.2, 0) is 4.74 Å². The fourth-order valence-electron chi connectivity index (χ4n) is 1.41. The van der Waals surface area contributed by atoms with Crippen molar-refractivity contribution in [2.75, 3.05) is 13.7 Å². The number of hydrogen-bond acceptors (Lipinski definition) is 4. The molecule has 0 bridgehead atoms. The first-order chi connectivity index (χ1) is 6.79. The third kappa shape index (κ3) is 2.77. The van der Waals surface area contributed by atoms with Crippen LogP contribution in [0.4, 0.5) is 0 Å². The molecule has 0 aliphatic heterocycles. The van der Waals surface area contributed by atoms with E-state index in [9.17, 15) is 0 Å². The van der Waals surface area contributed by atoms with Crippen LogP contribution >= 0.6 is 0 Å². The standard InChI is InChI=1S/C10H17N3O/c1-8-3-5-12-7-9(8)10(13-11)4-6-14-2/h3,5,7,10,13H,4,6,11H2,1-2H3. The third-order valence-corrected chi connectivity index (χ3v) is 2.27. The summed E-state index contributed by atoms with van der Waals surface area (Å²) < 4.78 is 5.02. The van der Waals surface area contributed by atoms with E-state index < -0.39 is 0 Å². The molecule has 0 aliphatic carbocycles. The molecular formula is C10H17N3O. The van der Waals surface area contributed by atoms with Crippen molar-refractivity contribution in [1.29, 1.82) is 0 Å². The van der Waals surface area contributed by atoms with E-state index in [0.29, 0.717) is 6.61 Å². The number of aryl methyl sites for hydroxylation is 1. The Labute approximate surface area is 84.4 Å². The minimum Gasteiger partial charge on any atom is -0.385 e. The van der Waals surface area contributed by atoms with Crippen LogP contribution in [0.3, 0.4) is 0 Å². The summed E-state index contributed by atoms with van der Waals surface area (Å²) in [5.74, 6) is 5.48. The molecule has 1 aromatic rings. The van der Waals surface area contributed by atoms with Crippen molar-refractivity contribution in [3.05, 3.63) is 29.6 Å². The summed E-state index contributed by atoms with van der Waals surface area (Å²) in [4.78, 5) is 4.09. The van der Waals surface area contributed by atoms with Gasteiger partial charge in [-0.1, -0.05) is 0 Å². The minimum absolute atomic E-state index is 0.114. The van der Waals surface area contributed by atoms with E-state index in [1.54, 1.807) is 13.3 Å². The lowest BCUT2D eigenvalue weighted by molar-refractivity contribution is 0.183. The molecule has 1 heterocycles. The van der Waals surface area contributed by atoms with Crippen LogP contribution in [0.5, 0.6) is 0 Å². The molecule has 0 saturated carbocycles. The molecule has 0 saturated heterocycles. The molecular weight excluding hydrogens is 178 g/mol. The van der Waals surface area contributed by atoms with Gasteiger partial charge in [-0.2, -0.15) is 0 Å². The van der Waals surface area contributed by atoms with Crippen LogP contribution in [0.1, 0.15) is 23.6 Å². The lowest BCUT2D eigenvalue weighted by atomic mass is 10.0. The van der Waals surface area contributed by atoms with Crippen molar-refractivity contribution >= 4 is 0 Å². The maximum Gasteiger partial charge on any atom is 0.0499 e. The molecule has 1 atom stereocenters. The highest BCUT2D eigenvalue weighted by atomic mass is 16.5. The van der Waals surface area contributed by atoms with Gasteiger partial charge < -0.3 is 4.74 Å². The first-order valence-corrected chi connectivity index (χ1v) is 4.65. The van der Waals surface area contributed by atoms with E-state index in [2.05, 4.69) is 10.4 Å². The topological polar surface area (TPSA) is 60.2 Å². The lowest BCUT2D eigenvalue weighted by Gasteiger charge is -2.17. The Morgan fingerprint density at radius 2 is 2.43 bits per heavy atom. The zero-order chi connectivity index (χ0) is 10.4. The number of hydrogen-bond donors (Lipinski definition) is 2. The summed E-state index contributed by atoms with van der Waals surface area (Å²) in [6, 6.07) is 2.09. The maximum atomic E-state index is 5.48. The monoisotopic (exact) mass is 195 g/mol. The zero-order valence-corrected chi connectivity index (χ0v) is 8.66. The smallest absolute Gasteiger partial charge is 0.0499 e. The quantitative estimate of drug-likeness (QED) is 0.542. The highest BCUT2D eigenvalue weighted by Crippen LogP contribution is 2.18. The molecule has 0 amide bonds. The van der Waals surface area contributed by atoms with Crippen molar-refractivity contribution in [3.63, 3.8) is 0 Å². The summed E-state index contributed by atoms with van der Waals surface area (Å²) in [5.41, 5.74) is 5.10. The van der Waals surface area contributed by atoms with Crippen LogP contribution in [0.15, 0.2) is 18.5 Å². The Morgan fingerprint density at radius 1 is 1.64 bits per heavy atom. The summed E-state index contributed by atoms with van der Waals surface area (Å²) in [5, 5.41) is 0. The van der Waals surface area contributed by atoms with Crippen molar-refractivity contribution in [3.8, 4) is 0 Å². The van der Waals surface area contributed by atoms with Crippen molar-refractivity contribution in [2.45, 2.75) is 19.4 Å². The predicted molar refractivity (Wildman–Crippen MR) is 55.5 cm³/mol. The molecule has 0 aliphatic rings. The van der Waals surface area contributed by atoms with E-state index >= 15 is 0 Å². The number of nitrogens with one attached hydrogen (secondary N) is 1. The number of nitrogens with zero attached hydrogens (tertiary/aromatic N) is 1. The van der Waals surface area contributed by atoms with Crippen LogP contribution < -0.4 is 11.3 Å². The average molecular weight is 195 g/mol. The fraction of sp³-hybridized carbons (Fsp3) is 0.500. The maximum absolute atomic E-state index is 5.48. The predicted octanol–water partition coefficient (Wildman–Crippen LogP) is 0.931. The number of hydrazine groups is 1. The van der Waals surface area contributed by atoms with Crippen LogP contribution in [0.25, 0.3) is 0 Å². The second-order valence-corrected chi connectivity index (χ2v) is 3.23. The second kappa shape index (κ2) is 5.70. The van der Waals surface area contributed by atoms with Gasteiger partial charge in [-0.3, -0.25) is 16.3 Å². The Hall–Kier alpha value is -0.970. The summed E-state index contributed by atoms with van der Waals surface area (Å²) in [6.07, 6.45) is 4.47. The SMILES string of the molecule is COCCC(NN)c1cnccc1C. The zero-order valence-electron chi connectivity index (χ0n) is 8.66. The van der Waals surface area contributed by atoms with Crippen molar-refractivity contribution < 1.29 is 4.74 Å². The van der Waals surface area contributed by atoms with Gasteiger partial charge in [-0.25, -0.2) is 0 Å². The van der Waals surface area contributed by atoms with Gasteiger partial charge in [-0.05, 0) is 30.5 Å². The largest absolute Gasteiger partial charge is 0.385 e. The third-order valence-electron chi connectivity index (χ3n) is 2.27. The Morgan fingerprint density at radius 3 is 3.00 bits per heavy atom. The number of pyridine rings is 1. The van der Waals surface area contributed by atoms with E-state index in [1.807, 2.05) is 19.2 Å². The van der Waals surface area contributed by atoms with Gasteiger partial charge in [0, 0.05) is 32.2 Å². The number of nitrogens with two attached hydrogens (primary N) is 1. The Kier molecular flexibility index (Phi) is 4.52. The highest BCUT2D eigenvalue weighted by Gasteiger charge is 2.11. The molecule has 78 valence electrons. The second-order valence-electron chi connectivity index (χ2n) is 3.23. The number of ether oxygens (including phenoxy) is 1. The number of rotatable bonds is 5. The first kappa shape index (κ1) is 11.1. The van der Waals surface area contributed by atoms with E-state index in [4.69, 9.17) is 10.6 Å². The molecule has 0 aromatic carbocycles. The molecule has 1 aromatic heterocycles. The lowest BCUT2D eigenvalue weighted by Crippen LogP contribution is -2.29. The van der Waals surface area contributed by atoms with Crippen molar-refractivity contribution in [1.82, 2.24) is 10.4 Å². The summed E-state index contributed by atoms with van der Waals surface area (Å²) in [6.45, 7) is 2.73. The molecule has 0 fully saturated rings. The molecule has 14 heavy (non-hydrogen) atoms. The molecule has 1 rings (SSSR count). The van der Waals surface area contributed by atoms with E-state index in [0.717, 1.165) is 12.0 Å². The Balaban J connectivity index is 2.73. The van der Waals surface area contributed by atoms with Gasteiger partial charge in [-0.15, -0.1) is 0 Å². The number of methoxy groups -OCH3 is 1. The summed E-state index contributed by atoms with van der Waals surface area (Å²) in [7, 11) is 1.68. The van der Waals surface area contributed by atoms with E-state index in [1.165, 1.54) is 5.56 Å². The molecule has 0 radical (unpaired) electrons. The molecule has 0 spiro atoms. The van der Waals surface area contributed by atoms with Gasteiger partial charge in [0.15, 0.2) is 0 Å². The van der Waals surface area contributed by atoms with Crippen molar-refractivity contribution in [2.24, 2.45) is 5.84 Å². The van der Waals surface area contributed by atoms with Gasteiger partial charge in [0.25, 0.3) is 0 Å². The average Bonchev–Trinajstić information content (AvgIpc) is 2.21. The highest BCUT2D eigenvalue weighted by molar-refractivity contribution is 5.24. The van der Waals surface area contributed by atoms with Gasteiger partial charge >= 0.3 is 0 Å². The van der Waals surface area contributed by atoms with Crippen LogP contribution in [0, 0.1) is 6.92 Å². The van der Waals surface area contributed by atoms with Crippen LogP contribution in [0.2, 0.25) is 0 Å². The molecule has 4 nitrogen and oxygen atoms in total. The van der Waals surface area contributed by atoms with Crippen LogP contribution in [-0.4, -0.2) is 18.7 Å². The number of aromatic nitrogens is 1. The van der Waals surface area contributed by atoms with E-state index in [-0.39, 0.29) is 6.04 Å². The normalized spacial score (nSPS) is 12.8. The Bertz CT molecular complexity index is 278. The molecule has 4 heteroatoms. The minimum atomic E-state index is 0.114. The molecule has 1 unspecified atom stereocenters.